The number of hydrogen-bond acceptors (Lipinski definition) is 4. The fourth-order valence-corrected chi connectivity index (χ4v) is 4.27. The van der Waals surface area contributed by atoms with Crippen molar-refractivity contribution in [3.8, 4) is 5.75 Å². The van der Waals surface area contributed by atoms with Crippen molar-refractivity contribution in [3.05, 3.63) is 53.6 Å². The van der Waals surface area contributed by atoms with Gasteiger partial charge in [-0.2, -0.15) is 0 Å². The van der Waals surface area contributed by atoms with E-state index >= 15 is 0 Å². The summed E-state index contributed by atoms with van der Waals surface area (Å²) in [4.78, 5) is 12.9. The van der Waals surface area contributed by atoms with Crippen molar-refractivity contribution < 1.29 is 17.9 Å². The third-order valence-electron chi connectivity index (χ3n) is 4.15. The first-order valence-electron chi connectivity index (χ1n) is 8.68. The maximum absolute atomic E-state index is 12.9. The number of ether oxygens (including phenoxy) is 1. The molecular weight excluding hydrogens is 364 g/mol. The first-order valence-corrected chi connectivity index (χ1v) is 10.5. The summed E-state index contributed by atoms with van der Waals surface area (Å²) in [5.74, 6) is 0.240. The number of aryl methyl sites for hydroxylation is 2. The van der Waals surface area contributed by atoms with Gasteiger partial charge < -0.3 is 10.1 Å². The Bertz CT molecular complexity index is 888. The summed E-state index contributed by atoms with van der Waals surface area (Å²) in [5, 5.41) is 2.85. The summed E-state index contributed by atoms with van der Waals surface area (Å²) in [5.41, 5.74) is 3.11. The molecule has 0 bridgehead atoms. The molecule has 0 saturated carbocycles. The predicted octanol–water partition coefficient (Wildman–Crippen LogP) is 3.50. The highest BCUT2D eigenvalue weighted by Crippen LogP contribution is 2.26. The van der Waals surface area contributed by atoms with Crippen molar-refractivity contribution >= 4 is 27.3 Å². The Morgan fingerprint density at radius 2 is 1.67 bits per heavy atom. The predicted molar refractivity (Wildman–Crippen MR) is 109 cm³/mol. The number of hydrogen-bond donors (Lipinski definition) is 1. The minimum atomic E-state index is -3.67. The number of carbonyl (C=O) groups excluding carboxylic acids is 1. The number of nitrogens with one attached hydrogen (secondary N) is 1. The smallest absolute Gasteiger partial charge is 0.248 e. The Balaban J connectivity index is 2.37. The topological polar surface area (TPSA) is 75.7 Å². The van der Waals surface area contributed by atoms with Gasteiger partial charge in [-0.25, -0.2) is 8.42 Å². The maximum atomic E-state index is 12.9. The molecule has 0 aliphatic carbocycles. The summed E-state index contributed by atoms with van der Waals surface area (Å²) in [6.45, 7) is 5.67. The summed E-state index contributed by atoms with van der Waals surface area (Å²) in [7, 11) is -2.13. The van der Waals surface area contributed by atoms with Crippen LogP contribution < -0.4 is 14.4 Å². The van der Waals surface area contributed by atoms with Crippen molar-refractivity contribution in [1.29, 1.82) is 0 Å². The van der Waals surface area contributed by atoms with Gasteiger partial charge in [-0.1, -0.05) is 13.0 Å². The third-order valence-corrected chi connectivity index (χ3v) is 5.33. The molecule has 146 valence electrons. The normalized spacial score (nSPS) is 12.3. The van der Waals surface area contributed by atoms with Crippen LogP contribution in [0.15, 0.2) is 42.5 Å². The van der Waals surface area contributed by atoms with Crippen LogP contribution in [0, 0.1) is 13.8 Å². The van der Waals surface area contributed by atoms with Crippen LogP contribution in [0.5, 0.6) is 5.75 Å². The number of anilines is 2. The first-order chi connectivity index (χ1) is 12.7. The molecule has 0 spiro atoms. The van der Waals surface area contributed by atoms with Gasteiger partial charge in [-0.15, -0.1) is 0 Å². The number of carbonyl (C=O) groups is 1. The lowest BCUT2D eigenvalue weighted by Gasteiger charge is -2.30. The van der Waals surface area contributed by atoms with Crippen LogP contribution in [0.3, 0.4) is 0 Å². The van der Waals surface area contributed by atoms with Crippen molar-refractivity contribution in [3.63, 3.8) is 0 Å². The standard InChI is InChI=1S/C20H26N2O4S/c1-6-19(20(23)21-16-12-14(2)11-15(3)13-16)22(27(5,24)25)17-7-9-18(26-4)10-8-17/h7-13,19H,6H2,1-5H3,(H,21,23)/t19-/m0/s1. The molecule has 0 radical (unpaired) electrons. The average Bonchev–Trinajstić information content (AvgIpc) is 2.57. The molecule has 6 nitrogen and oxygen atoms in total. The lowest BCUT2D eigenvalue weighted by atomic mass is 10.1. The molecule has 0 aromatic heterocycles. The van der Waals surface area contributed by atoms with Crippen molar-refractivity contribution in [2.24, 2.45) is 0 Å². The van der Waals surface area contributed by atoms with Gasteiger partial charge >= 0.3 is 0 Å². The fraction of sp³-hybridized carbons (Fsp3) is 0.350. The zero-order valence-electron chi connectivity index (χ0n) is 16.3. The lowest BCUT2D eigenvalue weighted by Crippen LogP contribution is -2.47. The van der Waals surface area contributed by atoms with Crippen LogP contribution in [0.25, 0.3) is 0 Å². The number of amides is 1. The van der Waals surface area contributed by atoms with Gasteiger partial charge in [0.05, 0.1) is 19.1 Å². The van der Waals surface area contributed by atoms with E-state index in [2.05, 4.69) is 5.32 Å². The Kier molecular flexibility index (Phi) is 6.49. The Hall–Kier alpha value is -2.54. The van der Waals surface area contributed by atoms with Gasteiger partial charge in [0.25, 0.3) is 0 Å². The third kappa shape index (κ3) is 5.23. The summed E-state index contributed by atoms with van der Waals surface area (Å²) in [6.07, 6.45) is 1.43. The van der Waals surface area contributed by atoms with Crippen molar-refractivity contribution in [2.45, 2.75) is 33.2 Å². The van der Waals surface area contributed by atoms with Gasteiger partial charge in [-0.3, -0.25) is 9.10 Å². The molecule has 0 fully saturated rings. The molecule has 0 heterocycles. The molecule has 7 heteroatoms. The molecule has 0 unspecified atom stereocenters. The number of benzene rings is 2. The van der Waals surface area contributed by atoms with Crippen molar-refractivity contribution in [1.82, 2.24) is 0 Å². The molecule has 2 rings (SSSR count). The van der Waals surface area contributed by atoms with E-state index in [9.17, 15) is 13.2 Å². The monoisotopic (exact) mass is 390 g/mol. The molecule has 1 N–H and O–H groups in total. The van der Waals surface area contributed by atoms with E-state index in [1.165, 1.54) is 7.11 Å². The Morgan fingerprint density at radius 1 is 1.11 bits per heavy atom. The zero-order valence-corrected chi connectivity index (χ0v) is 17.1. The molecule has 1 atom stereocenters. The fourth-order valence-electron chi connectivity index (χ4n) is 3.06. The van der Waals surface area contributed by atoms with Gasteiger partial charge in [0.1, 0.15) is 11.8 Å². The van der Waals surface area contributed by atoms with Crippen LogP contribution >= 0.6 is 0 Å². The second kappa shape index (κ2) is 8.43. The largest absolute Gasteiger partial charge is 0.497 e. The average molecular weight is 391 g/mol. The van der Waals surface area contributed by atoms with Crippen LogP contribution in [0.4, 0.5) is 11.4 Å². The molecule has 2 aromatic rings. The quantitative estimate of drug-likeness (QED) is 0.785. The Morgan fingerprint density at radius 3 is 2.11 bits per heavy atom. The van der Waals surface area contributed by atoms with Gasteiger partial charge in [0, 0.05) is 5.69 Å². The summed E-state index contributed by atoms with van der Waals surface area (Å²) in [6, 6.07) is 11.5. The molecule has 0 saturated heterocycles. The molecule has 0 aliphatic heterocycles. The van der Waals surface area contributed by atoms with E-state index in [4.69, 9.17) is 4.74 Å². The number of nitrogens with zero attached hydrogens (tertiary/aromatic N) is 1. The minimum Gasteiger partial charge on any atom is -0.497 e. The highest BCUT2D eigenvalue weighted by Gasteiger charge is 2.31. The molecule has 27 heavy (non-hydrogen) atoms. The Labute approximate surface area is 161 Å². The van der Waals surface area contributed by atoms with Crippen LogP contribution in [-0.4, -0.2) is 33.7 Å². The number of rotatable bonds is 7. The number of methoxy groups -OCH3 is 1. The second-order valence-corrected chi connectivity index (χ2v) is 8.41. The van der Waals surface area contributed by atoms with Gasteiger partial charge in [0.15, 0.2) is 0 Å². The van der Waals surface area contributed by atoms with Crippen LogP contribution in [0.2, 0.25) is 0 Å². The highest BCUT2D eigenvalue weighted by molar-refractivity contribution is 7.92. The van der Waals surface area contributed by atoms with E-state index in [1.807, 2.05) is 32.0 Å². The SMILES string of the molecule is CC[C@@H](C(=O)Nc1cc(C)cc(C)c1)N(c1ccc(OC)cc1)S(C)(=O)=O. The van der Waals surface area contributed by atoms with E-state index in [0.29, 0.717) is 23.5 Å². The van der Waals surface area contributed by atoms with Gasteiger partial charge in [-0.05, 0) is 67.8 Å². The molecular formula is C20H26N2O4S. The molecule has 2 aromatic carbocycles. The maximum Gasteiger partial charge on any atom is 0.248 e. The highest BCUT2D eigenvalue weighted by atomic mass is 32.2. The second-order valence-electron chi connectivity index (χ2n) is 6.55. The van der Waals surface area contributed by atoms with Gasteiger partial charge in [0.2, 0.25) is 15.9 Å². The molecule has 1 amide bonds. The summed E-state index contributed by atoms with van der Waals surface area (Å²) < 4.78 is 31.2. The lowest BCUT2D eigenvalue weighted by molar-refractivity contribution is -0.117. The first kappa shape index (κ1) is 20.8. The number of sulfonamides is 1. The van der Waals surface area contributed by atoms with Crippen molar-refractivity contribution in [2.75, 3.05) is 23.0 Å². The van der Waals surface area contributed by atoms with Crippen LogP contribution in [-0.2, 0) is 14.8 Å². The zero-order chi connectivity index (χ0) is 20.2. The van der Waals surface area contributed by atoms with E-state index in [0.717, 1.165) is 21.7 Å². The molecule has 0 aliphatic rings. The van der Waals surface area contributed by atoms with E-state index in [1.54, 1.807) is 31.2 Å². The van der Waals surface area contributed by atoms with Crippen LogP contribution in [0.1, 0.15) is 24.5 Å². The minimum absolute atomic E-state index is 0.329. The van der Waals surface area contributed by atoms with E-state index in [-0.39, 0.29) is 5.91 Å². The van der Waals surface area contributed by atoms with E-state index < -0.39 is 16.1 Å². The summed E-state index contributed by atoms with van der Waals surface area (Å²) >= 11 is 0.